The summed E-state index contributed by atoms with van der Waals surface area (Å²) >= 11 is 0. The number of para-hydroxylation sites is 1. The first-order valence-corrected chi connectivity index (χ1v) is 7.58. The number of carboxylic acids is 1. The number of hydrogen-bond donors (Lipinski definition) is 1. The number of pyridine rings is 1. The molecule has 0 saturated heterocycles. The second kappa shape index (κ2) is 5.85. The molecule has 0 spiro atoms. The molecule has 0 fully saturated rings. The van der Waals surface area contributed by atoms with Gasteiger partial charge in [0.1, 0.15) is 11.4 Å². The number of benzene rings is 2. The van der Waals surface area contributed by atoms with Gasteiger partial charge in [-0.3, -0.25) is 9.36 Å². The van der Waals surface area contributed by atoms with Gasteiger partial charge in [0.2, 0.25) is 0 Å². The molecule has 2 aromatic carbocycles. The van der Waals surface area contributed by atoms with Crippen LogP contribution in [0.25, 0.3) is 16.5 Å². The zero-order valence-corrected chi connectivity index (χ0v) is 13.8. The molecule has 3 aromatic rings. The number of hydrogen-bond acceptors (Lipinski definition) is 3. The Kier molecular flexibility index (Phi) is 3.85. The highest BCUT2D eigenvalue weighted by Crippen LogP contribution is 2.30. The standard InChI is InChI=1S/C19H18N2O3/c1-12-8-7-11-14-15(12)16(19(23)24)17(20(2)3)21(18(14)22)13-9-5-4-6-10-13/h4-11H,1-3H3,(H,23,24). The highest BCUT2D eigenvalue weighted by molar-refractivity contribution is 6.09. The van der Waals surface area contributed by atoms with Crippen LogP contribution in [0.5, 0.6) is 0 Å². The van der Waals surface area contributed by atoms with E-state index in [9.17, 15) is 14.7 Å². The summed E-state index contributed by atoms with van der Waals surface area (Å²) < 4.78 is 1.46. The largest absolute Gasteiger partial charge is 0.478 e. The topological polar surface area (TPSA) is 62.5 Å². The predicted octanol–water partition coefficient (Wildman–Crippen LogP) is 3.06. The fourth-order valence-corrected chi connectivity index (χ4v) is 3.06. The molecule has 24 heavy (non-hydrogen) atoms. The minimum atomic E-state index is -1.05. The Balaban J connectivity index is 2.62. The highest BCUT2D eigenvalue weighted by Gasteiger charge is 2.24. The minimum Gasteiger partial charge on any atom is -0.478 e. The molecule has 1 N–H and O–H groups in total. The molecule has 5 nitrogen and oxygen atoms in total. The lowest BCUT2D eigenvalue weighted by molar-refractivity contribution is 0.0699. The van der Waals surface area contributed by atoms with Crippen molar-refractivity contribution in [3.8, 4) is 5.69 Å². The van der Waals surface area contributed by atoms with E-state index in [2.05, 4.69) is 0 Å². The van der Waals surface area contributed by atoms with Crippen LogP contribution in [0, 0.1) is 6.92 Å². The van der Waals surface area contributed by atoms with Gasteiger partial charge in [0.15, 0.2) is 0 Å². The maximum Gasteiger partial charge on any atom is 0.340 e. The molecule has 3 rings (SSSR count). The predicted molar refractivity (Wildman–Crippen MR) is 95.6 cm³/mol. The second-order valence-electron chi connectivity index (χ2n) is 5.87. The first kappa shape index (κ1) is 15.8. The van der Waals surface area contributed by atoms with Gasteiger partial charge in [-0.05, 0) is 30.7 Å². The molecule has 0 aliphatic rings. The van der Waals surface area contributed by atoms with Crippen molar-refractivity contribution in [1.29, 1.82) is 0 Å². The van der Waals surface area contributed by atoms with Crippen LogP contribution in [0.2, 0.25) is 0 Å². The zero-order valence-electron chi connectivity index (χ0n) is 13.8. The number of carboxylic acid groups (broad SMARTS) is 1. The average molecular weight is 322 g/mol. The van der Waals surface area contributed by atoms with E-state index >= 15 is 0 Å². The number of aromatic nitrogens is 1. The van der Waals surface area contributed by atoms with Crippen LogP contribution in [-0.2, 0) is 0 Å². The smallest absolute Gasteiger partial charge is 0.340 e. The monoisotopic (exact) mass is 322 g/mol. The Labute approximate surface area is 139 Å². The lowest BCUT2D eigenvalue weighted by Crippen LogP contribution is -2.29. The van der Waals surface area contributed by atoms with Gasteiger partial charge in [0.05, 0.1) is 5.69 Å². The molecule has 0 aliphatic heterocycles. The summed E-state index contributed by atoms with van der Waals surface area (Å²) in [6, 6.07) is 14.4. The molecule has 122 valence electrons. The quantitative estimate of drug-likeness (QED) is 0.805. The third kappa shape index (κ3) is 2.34. The Morgan fingerprint density at radius 2 is 1.71 bits per heavy atom. The van der Waals surface area contributed by atoms with E-state index in [1.54, 1.807) is 43.3 Å². The fourth-order valence-electron chi connectivity index (χ4n) is 3.06. The normalized spacial score (nSPS) is 10.8. The van der Waals surface area contributed by atoms with E-state index in [-0.39, 0.29) is 11.1 Å². The molecule has 0 radical (unpaired) electrons. The number of carbonyl (C=O) groups is 1. The molecule has 5 heteroatoms. The van der Waals surface area contributed by atoms with Crippen molar-refractivity contribution in [2.24, 2.45) is 0 Å². The van der Waals surface area contributed by atoms with Crippen molar-refractivity contribution in [2.45, 2.75) is 6.92 Å². The summed E-state index contributed by atoms with van der Waals surface area (Å²) in [5.74, 6) is -0.691. The van der Waals surface area contributed by atoms with Crippen molar-refractivity contribution >= 4 is 22.6 Å². The Bertz CT molecular complexity index is 989. The van der Waals surface area contributed by atoms with Gasteiger partial charge in [-0.1, -0.05) is 30.3 Å². The fraction of sp³-hybridized carbons (Fsp3) is 0.158. The molecule has 0 aliphatic carbocycles. The van der Waals surface area contributed by atoms with Crippen molar-refractivity contribution in [2.75, 3.05) is 19.0 Å². The molecular formula is C19H18N2O3. The van der Waals surface area contributed by atoms with Crippen LogP contribution in [0.15, 0.2) is 53.3 Å². The first-order chi connectivity index (χ1) is 11.4. The highest BCUT2D eigenvalue weighted by atomic mass is 16.4. The van der Waals surface area contributed by atoms with E-state index in [1.807, 2.05) is 31.2 Å². The maximum absolute atomic E-state index is 13.1. The second-order valence-corrected chi connectivity index (χ2v) is 5.87. The third-order valence-corrected chi connectivity index (χ3v) is 4.04. The maximum atomic E-state index is 13.1. The molecule has 0 atom stereocenters. The summed E-state index contributed by atoms with van der Waals surface area (Å²) in [7, 11) is 3.48. The van der Waals surface area contributed by atoms with Crippen LogP contribution < -0.4 is 10.5 Å². The van der Waals surface area contributed by atoms with Crippen LogP contribution in [0.4, 0.5) is 5.82 Å². The number of rotatable bonds is 3. The molecule has 1 heterocycles. The SMILES string of the molecule is Cc1cccc2c(=O)n(-c3ccccc3)c(N(C)C)c(C(=O)O)c12. The minimum absolute atomic E-state index is 0.136. The lowest BCUT2D eigenvalue weighted by atomic mass is 10.0. The van der Waals surface area contributed by atoms with Crippen LogP contribution in [-0.4, -0.2) is 29.7 Å². The summed E-state index contributed by atoms with van der Waals surface area (Å²) in [6.45, 7) is 1.82. The summed E-state index contributed by atoms with van der Waals surface area (Å²) in [4.78, 5) is 26.8. The third-order valence-electron chi connectivity index (χ3n) is 4.04. The van der Waals surface area contributed by atoms with Crippen LogP contribution in [0.3, 0.4) is 0 Å². The van der Waals surface area contributed by atoms with E-state index < -0.39 is 5.97 Å². The van der Waals surface area contributed by atoms with E-state index in [1.165, 1.54) is 4.57 Å². The number of anilines is 1. The number of fused-ring (bicyclic) bond motifs is 1. The van der Waals surface area contributed by atoms with Gasteiger partial charge >= 0.3 is 5.97 Å². The van der Waals surface area contributed by atoms with Gasteiger partial charge in [0, 0.05) is 24.9 Å². The summed E-state index contributed by atoms with van der Waals surface area (Å²) in [6.07, 6.45) is 0. The molecular weight excluding hydrogens is 304 g/mol. The van der Waals surface area contributed by atoms with E-state index in [0.717, 1.165) is 5.56 Å². The Morgan fingerprint density at radius 3 is 2.29 bits per heavy atom. The molecule has 0 amide bonds. The number of aromatic carboxylic acids is 1. The molecule has 0 bridgehead atoms. The molecule has 0 saturated carbocycles. The van der Waals surface area contributed by atoms with Gasteiger partial charge in [-0.15, -0.1) is 0 Å². The van der Waals surface area contributed by atoms with Gasteiger partial charge in [0.25, 0.3) is 5.56 Å². The molecule has 0 unspecified atom stereocenters. The van der Waals surface area contributed by atoms with E-state index in [0.29, 0.717) is 22.3 Å². The van der Waals surface area contributed by atoms with E-state index in [4.69, 9.17) is 0 Å². The Morgan fingerprint density at radius 1 is 1.04 bits per heavy atom. The molecule has 1 aromatic heterocycles. The lowest BCUT2D eigenvalue weighted by Gasteiger charge is -2.23. The number of aryl methyl sites for hydroxylation is 1. The van der Waals surface area contributed by atoms with Gasteiger partial charge in [-0.25, -0.2) is 4.79 Å². The van der Waals surface area contributed by atoms with Crippen molar-refractivity contribution < 1.29 is 9.90 Å². The first-order valence-electron chi connectivity index (χ1n) is 7.58. The number of nitrogens with zero attached hydrogens (tertiary/aromatic N) is 2. The summed E-state index contributed by atoms with van der Waals surface area (Å²) in [5, 5.41) is 10.8. The van der Waals surface area contributed by atoms with Crippen LogP contribution >= 0.6 is 0 Å². The van der Waals surface area contributed by atoms with Gasteiger partial charge < -0.3 is 10.0 Å². The van der Waals surface area contributed by atoms with Crippen molar-refractivity contribution in [3.05, 3.63) is 70.0 Å². The average Bonchev–Trinajstić information content (AvgIpc) is 2.55. The van der Waals surface area contributed by atoms with Gasteiger partial charge in [-0.2, -0.15) is 0 Å². The van der Waals surface area contributed by atoms with Crippen LogP contribution in [0.1, 0.15) is 15.9 Å². The summed E-state index contributed by atoms with van der Waals surface area (Å²) in [5.41, 5.74) is 1.31. The van der Waals surface area contributed by atoms with Crippen molar-refractivity contribution in [1.82, 2.24) is 4.57 Å². The zero-order chi connectivity index (χ0) is 17.4. The van der Waals surface area contributed by atoms with Crippen molar-refractivity contribution in [3.63, 3.8) is 0 Å². The Hall–Kier alpha value is -3.08.